The SMILES string of the molecule is CC1(C)c2ccccc2-c2c(-c3cccc(-c4nc(-c5ccc6ccccc6c5)nc(-c5ccc6ccccc6c5)n4)c3)cccc21. The van der Waals surface area contributed by atoms with Gasteiger partial charge in [-0.1, -0.05) is 147 Å². The Morgan fingerprint density at radius 3 is 1.47 bits per heavy atom. The van der Waals surface area contributed by atoms with Gasteiger partial charge in [-0.15, -0.1) is 0 Å². The Bertz CT molecular complexity index is 2410. The predicted molar refractivity (Wildman–Crippen MR) is 194 cm³/mol. The maximum absolute atomic E-state index is 5.11. The summed E-state index contributed by atoms with van der Waals surface area (Å²) in [5.74, 6) is 1.97. The van der Waals surface area contributed by atoms with Crippen molar-refractivity contribution in [1.82, 2.24) is 15.0 Å². The molecular formula is C44H31N3. The van der Waals surface area contributed by atoms with Crippen LogP contribution in [0.4, 0.5) is 0 Å². The van der Waals surface area contributed by atoms with Crippen LogP contribution in [0.15, 0.2) is 152 Å². The minimum absolute atomic E-state index is 0.0583. The van der Waals surface area contributed by atoms with E-state index in [1.165, 1.54) is 38.6 Å². The van der Waals surface area contributed by atoms with Gasteiger partial charge in [0.15, 0.2) is 17.5 Å². The van der Waals surface area contributed by atoms with Crippen LogP contribution < -0.4 is 0 Å². The van der Waals surface area contributed by atoms with E-state index >= 15 is 0 Å². The van der Waals surface area contributed by atoms with Gasteiger partial charge in [-0.3, -0.25) is 0 Å². The van der Waals surface area contributed by atoms with Crippen LogP contribution in [-0.2, 0) is 5.41 Å². The van der Waals surface area contributed by atoms with Gasteiger partial charge in [-0.2, -0.15) is 0 Å². The van der Waals surface area contributed by atoms with Gasteiger partial charge in [-0.25, -0.2) is 15.0 Å². The van der Waals surface area contributed by atoms with Crippen molar-refractivity contribution in [3.8, 4) is 56.4 Å². The highest BCUT2D eigenvalue weighted by atomic mass is 15.0. The molecule has 0 spiro atoms. The molecule has 3 heteroatoms. The lowest BCUT2D eigenvalue weighted by molar-refractivity contribution is 0.660. The molecular weight excluding hydrogens is 571 g/mol. The monoisotopic (exact) mass is 601 g/mol. The highest BCUT2D eigenvalue weighted by Crippen LogP contribution is 2.52. The minimum atomic E-state index is -0.0583. The summed E-state index contributed by atoms with van der Waals surface area (Å²) in [6.45, 7) is 4.65. The number of rotatable bonds is 4. The maximum atomic E-state index is 5.11. The third kappa shape index (κ3) is 4.54. The molecule has 3 nitrogen and oxygen atoms in total. The van der Waals surface area contributed by atoms with Crippen LogP contribution in [0.5, 0.6) is 0 Å². The van der Waals surface area contributed by atoms with Crippen LogP contribution >= 0.6 is 0 Å². The zero-order valence-corrected chi connectivity index (χ0v) is 26.3. The fourth-order valence-electron chi connectivity index (χ4n) is 7.24. The lowest BCUT2D eigenvalue weighted by Crippen LogP contribution is -2.14. The molecule has 0 unspecified atom stereocenters. The first kappa shape index (κ1) is 27.4. The summed E-state index contributed by atoms with van der Waals surface area (Å²) in [6, 6.07) is 53.8. The van der Waals surface area contributed by atoms with E-state index in [0.717, 1.165) is 33.0 Å². The fraction of sp³-hybridized carbons (Fsp3) is 0.0682. The van der Waals surface area contributed by atoms with Crippen molar-refractivity contribution in [2.75, 3.05) is 0 Å². The molecule has 9 rings (SSSR count). The van der Waals surface area contributed by atoms with Crippen molar-refractivity contribution < 1.29 is 0 Å². The van der Waals surface area contributed by atoms with Crippen molar-refractivity contribution in [3.63, 3.8) is 0 Å². The average Bonchev–Trinajstić information content (AvgIpc) is 3.37. The van der Waals surface area contributed by atoms with E-state index in [1.807, 2.05) is 0 Å². The zero-order valence-electron chi connectivity index (χ0n) is 26.3. The number of aromatic nitrogens is 3. The lowest BCUT2D eigenvalue weighted by Gasteiger charge is -2.21. The molecule has 0 saturated heterocycles. The summed E-state index contributed by atoms with van der Waals surface area (Å²) in [5.41, 5.74) is 10.5. The molecule has 0 amide bonds. The molecule has 0 atom stereocenters. The van der Waals surface area contributed by atoms with Gasteiger partial charge in [0.1, 0.15) is 0 Å². The number of hydrogen-bond acceptors (Lipinski definition) is 3. The van der Waals surface area contributed by atoms with Gasteiger partial charge >= 0.3 is 0 Å². The first-order valence-corrected chi connectivity index (χ1v) is 16.1. The van der Waals surface area contributed by atoms with E-state index in [4.69, 9.17) is 15.0 Å². The average molecular weight is 602 g/mol. The highest BCUT2D eigenvalue weighted by Gasteiger charge is 2.36. The Balaban J connectivity index is 1.22. The third-order valence-corrected chi connectivity index (χ3v) is 9.69. The fourth-order valence-corrected chi connectivity index (χ4v) is 7.24. The van der Waals surface area contributed by atoms with Crippen LogP contribution in [0.1, 0.15) is 25.0 Å². The second-order valence-corrected chi connectivity index (χ2v) is 12.9. The molecule has 222 valence electrons. The smallest absolute Gasteiger partial charge is 0.164 e. The number of benzene rings is 7. The molecule has 1 heterocycles. The van der Waals surface area contributed by atoms with E-state index < -0.39 is 0 Å². The number of hydrogen-bond donors (Lipinski definition) is 0. The van der Waals surface area contributed by atoms with Crippen LogP contribution in [0, 0.1) is 0 Å². The van der Waals surface area contributed by atoms with Crippen molar-refractivity contribution in [2.24, 2.45) is 0 Å². The lowest BCUT2D eigenvalue weighted by atomic mass is 9.82. The van der Waals surface area contributed by atoms with Crippen LogP contribution in [0.3, 0.4) is 0 Å². The van der Waals surface area contributed by atoms with E-state index in [0.29, 0.717) is 17.5 Å². The number of nitrogens with zero attached hydrogens (tertiary/aromatic N) is 3. The maximum Gasteiger partial charge on any atom is 0.164 e. The summed E-state index contributed by atoms with van der Waals surface area (Å²) in [6.07, 6.45) is 0. The first-order valence-electron chi connectivity index (χ1n) is 16.1. The quantitative estimate of drug-likeness (QED) is 0.201. The van der Waals surface area contributed by atoms with E-state index in [9.17, 15) is 0 Å². The molecule has 0 aliphatic heterocycles. The molecule has 7 aromatic carbocycles. The Labute approximate surface area is 274 Å². The van der Waals surface area contributed by atoms with Gasteiger partial charge in [0.2, 0.25) is 0 Å². The van der Waals surface area contributed by atoms with Crippen LogP contribution in [0.25, 0.3) is 78.0 Å². The van der Waals surface area contributed by atoms with Gasteiger partial charge in [0, 0.05) is 22.1 Å². The van der Waals surface area contributed by atoms with E-state index in [-0.39, 0.29) is 5.41 Å². The van der Waals surface area contributed by atoms with E-state index in [1.54, 1.807) is 0 Å². The molecule has 0 bridgehead atoms. The molecule has 1 aliphatic carbocycles. The van der Waals surface area contributed by atoms with Crippen LogP contribution in [-0.4, -0.2) is 15.0 Å². The second kappa shape index (κ2) is 10.6. The number of fused-ring (bicyclic) bond motifs is 5. The van der Waals surface area contributed by atoms with Gasteiger partial charge in [-0.05, 0) is 73.1 Å². The summed E-state index contributed by atoms with van der Waals surface area (Å²) < 4.78 is 0. The summed E-state index contributed by atoms with van der Waals surface area (Å²) in [5, 5.41) is 4.69. The normalized spacial score (nSPS) is 13.1. The predicted octanol–water partition coefficient (Wildman–Crippen LogP) is 11.2. The Morgan fingerprint density at radius 2 is 0.830 bits per heavy atom. The highest BCUT2D eigenvalue weighted by molar-refractivity contribution is 5.93. The molecule has 0 N–H and O–H groups in total. The summed E-state index contributed by atoms with van der Waals surface area (Å²) in [4.78, 5) is 15.3. The third-order valence-electron chi connectivity index (χ3n) is 9.69. The molecule has 0 fully saturated rings. The second-order valence-electron chi connectivity index (χ2n) is 12.9. The molecule has 8 aromatic rings. The summed E-state index contributed by atoms with van der Waals surface area (Å²) >= 11 is 0. The Kier molecular flexibility index (Phi) is 6.16. The first-order chi connectivity index (χ1) is 23.0. The van der Waals surface area contributed by atoms with Crippen molar-refractivity contribution >= 4 is 21.5 Å². The Morgan fingerprint density at radius 1 is 0.362 bits per heavy atom. The van der Waals surface area contributed by atoms with Crippen molar-refractivity contribution in [3.05, 3.63) is 163 Å². The zero-order chi connectivity index (χ0) is 31.5. The largest absolute Gasteiger partial charge is 0.208 e. The molecule has 0 saturated carbocycles. The van der Waals surface area contributed by atoms with Gasteiger partial charge in [0.25, 0.3) is 0 Å². The Hall–Kier alpha value is -5.93. The standard InChI is InChI=1S/C44H31N3/c1-44(2)38-19-8-7-17-37(38)40-36(18-10-20-39(40)44)32-15-9-16-33(27-32)41-45-42(34-23-21-28-11-3-5-13-30(28)25-34)47-43(46-41)35-24-22-29-12-4-6-14-31(29)26-35/h3-27H,1-2H3. The topological polar surface area (TPSA) is 38.7 Å². The van der Waals surface area contributed by atoms with Gasteiger partial charge < -0.3 is 0 Å². The van der Waals surface area contributed by atoms with Crippen molar-refractivity contribution in [2.45, 2.75) is 19.3 Å². The van der Waals surface area contributed by atoms with Crippen LogP contribution in [0.2, 0.25) is 0 Å². The molecule has 1 aromatic heterocycles. The van der Waals surface area contributed by atoms with Gasteiger partial charge in [0.05, 0.1) is 0 Å². The molecule has 47 heavy (non-hydrogen) atoms. The minimum Gasteiger partial charge on any atom is -0.208 e. The summed E-state index contributed by atoms with van der Waals surface area (Å²) in [7, 11) is 0. The van der Waals surface area contributed by atoms with E-state index in [2.05, 4.69) is 166 Å². The van der Waals surface area contributed by atoms with Crippen molar-refractivity contribution in [1.29, 1.82) is 0 Å². The molecule has 0 radical (unpaired) electrons. The molecule has 1 aliphatic rings.